The van der Waals surface area contributed by atoms with Gasteiger partial charge in [-0.25, -0.2) is 19.2 Å². The van der Waals surface area contributed by atoms with Gasteiger partial charge < -0.3 is 9.64 Å². The molecule has 5 nitrogen and oxygen atoms in total. The summed E-state index contributed by atoms with van der Waals surface area (Å²) in [6, 6.07) is 6.05. The zero-order chi connectivity index (χ0) is 16.2. The molecule has 0 aliphatic carbocycles. The van der Waals surface area contributed by atoms with E-state index >= 15 is 0 Å². The van der Waals surface area contributed by atoms with Crippen molar-refractivity contribution in [2.24, 2.45) is 0 Å². The van der Waals surface area contributed by atoms with Crippen molar-refractivity contribution in [3.63, 3.8) is 0 Å². The fraction of sp³-hybridized carbons (Fsp3) is 0.353. The van der Waals surface area contributed by atoms with Gasteiger partial charge in [-0.3, -0.25) is 0 Å². The third kappa shape index (κ3) is 3.31. The SMILES string of the molecule is COC(=O)c1cnc(N2CCCCC2)c(-c2ccc(F)cc2)n1. The Balaban J connectivity index is 2.07. The van der Waals surface area contributed by atoms with Crippen LogP contribution in [0.1, 0.15) is 29.8 Å². The van der Waals surface area contributed by atoms with Crippen LogP contribution in [0.15, 0.2) is 30.5 Å². The minimum absolute atomic E-state index is 0.146. The van der Waals surface area contributed by atoms with Crippen LogP contribution in [0.2, 0.25) is 0 Å². The number of methoxy groups -OCH3 is 1. The number of halogens is 1. The summed E-state index contributed by atoms with van der Waals surface area (Å²) in [4.78, 5) is 22.8. The highest BCUT2D eigenvalue weighted by Gasteiger charge is 2.20. The third-order valence-electron chi connectivity index (χ3n) is 3.92. The molecule has 0 atom stereocenters. The number of anilines is 1. The molecule has 0 saturated carbocycles. The van der Waals surface area contributed by atoms with Gasteiger partial charge in [0.25, 0.3) is 0 Å². The van der Waals surface area contributed by atoms with E-state index in [1.807, 2.05) is 0 Å². The number of ether oxygens (including phenoxy) is 1. The number of rotatable bonds is 3. The smallest absolute Gasteiger partial charge is 0.358 e. The maximum absolute atomic E-state index is 13.2. The molecule has 6 heteroatoms. The number of carbonyl (C=O) groups excluding carboxylic acids is 1. The van der Waals surface area contributed by atoms with Gasteiger partial charge in [-0.1, -0.05) is 0 Å². The topological polar surface area (TPSA) is 55.3 Å². The van der Waals surface area contributed by atoms with E-state index in [1.54, 1.807) is 12.1 Å². The number of hydrogen-bond acceptors (Lipinski definition) is 5. The lowest BCUT2D eigenvalue weighted by Crippen LogP contribution is -2.31. The molecule has 2 aromatic rings. The van der Waals surface area contributed by atoms with E-state index in [9.17, 15) is 9.18 Å². The highest BCUT2D eigenvalue weighted by molar-refractivity contribution is 5.88. The van der Waals surface area contributed by atoms with Gasteiger partial charge in [-0.15, -0.1) is 0 Å². The first-order chi connectivity index (χ1) is 11.2. The summed E-state index contributed by atoms with van der Waals surface area (Å²) >= 11 is 0. The minimum atomic E-state index is -0.536. The largest absolute Gasteiger partial charge is 0.464 e. The van der Waals surface area contributed by atoms with E-state index in [0.717, 1.165) is 37.3 Å². The van der Waals surface area contributed by atoms with Crippen LogP contribution in [0.5, 0.6) is 0 Å². The number of aromatic nitrogens is 2. The van der Waals surface area contributed by atoms with Crippen LogP contribution in [0.3, 0.4) is 0 Å². The molecule has 0 radical (unpaired) electrons. The monoisotopic (exact) mass is 315 g/mol. The van der Waals surface area contributed by atoms with Crippen molar-refractivity contribution in [2.75, 3.05) is 25.1 Å². The first-order valence-corrected chi connectivity index (χ1v) is 7.65. The van der Waals surface area contributed by atoms with Gasteiger partial charge in [0.2, 0.25) is 0 Å². The lowest BCUT2D eigenvalue weighted by atomic mass is 10.1. The van der Waals surface area contributed by atoms with E-state index < -0.39 is 5.97 Å². The fourth-order valence-electron chi connectivity index (χ4n) is 2.72. The number of hydrogen-bond donors (Lipinski definition) is 0. The van der Waals surface area contributed by atoms with Crippen LogP contribution < -0.4 is 4.90 Å². The molecule has 1 aromatic heterocycles. The van der Waals surface area contributed by atoms with Crippen molar-refractivity contribution in [1.82, 2.24) is 9.97 Å². The predicted molar refractivity (Wildman–Crippen MR) is 84.8 cm³/mol. The van der Waals surface area contributed by atoms with Crippen molar-refractivity contribution >= 4 is 11.8 Å². The first kappa shape index (κ1) is 15.4. The van der Waals surface area contributed by atoms with Crippen LogP contribution in [0, 0.1) is 5.82 Å². The molecular formula is C17H18FN3O2. The van der Waals surface area contributed by atoms with Crippen molar-refractivity contribution in [3.8, 4) is 11.3 Å². The van der Waals surface area contributed by atoms with Crippen LogP contribution in [-0.2, 0) is 4.74 Å². The molecule has 0 bridgehead atoms. The summed E-state index contributed by atoms with van der Waals surface area (Å²) in [6.07, 6.45) is 4.84. The molecule has 0 amide bonds. The van der Waals surface area contributed by atoms with Crippen molar-refractivity contribution in [2.45, 2.75) is 19.3 Å². The van der Waals surface area contributed by atoms with Crippen molar-refractivity contribution in [1.29, 1.82) is 0 Å². The van der Waals surface area contributed by atoms with E-state index in [1.165, 1.54) is 31.9 Å². The third-order valence-corrected chi connectivity index (χ3v) is 3.92. The minimum Gasteiger partial charge on any atom is -0.464 e. The molecule has 1 aliphatic heterocycles. The molecule has 0 spiro atoms. The summed E-state index contributed by atoms with van der Waals surface area (Å²) in [5.41, 5.74) is 1.45. The molecule has 2 heterocycles. The Hall–Kier alpha value is -2.50. The Labute approximate surface area is 134 Å². The summed E-state index contributed by atoms with van der Waals surface area (Å²) in [5, 5.41) is 0. The average Bonchev–Trinajstić information content (AvgIpc) is 2.62. The van der Waals surface area contributed by atoms with Crippen LogP contribution in [0.25, 0.3) is 11.3 Å². The molecule has 120 valence electrons. The van der Waals surface area contributed by atoms with E-state index in [0.29, 0.717) is 5.69 Å². The molecule has 1 saturated heterocycles. The molecule has 3 rings (SSSR count). The van der Waals surface area contributed by atoms with E-state index in [4.69, 9.17) is 4.74 Å². The highest BCUT2D eigenvalue weighted by Crippen LogP contribution is 2.29. The Morgan fingerprint density at radius 2 is 1.87 bits per heavy atom. The number of benzene rings is 1. The quantitative estimate of drug-likeness (QED) is 0.815. The summed E-state index contributed by atoms with van der Waals surface area (Å²) in [5.74, 6) is -0.125. The van der Waals surface area contributed by atoms with Gasteiger partial charge in [0.15, 0.2) is 11.5 Å². The van der Waals surface area contributed by atoms with Crippen molar-refractivity contribution < 1.29 is 13.9 Å². The lowest BCUT2D eigenvalue weighted by Gasteiger charge is -2.29. The van der Waals surface area contributed by atoms with E-state index in [2.05, 4.69) is 14.9 Å². The van der Waals surface area contributed by atoms with Gasteiger partial charge in [-0.2, -0.15) is 0 Å². The van der Waals surface area contributed by atoms with E-state index in [-0.39, 0.29) is 11.5 Å². The summed E-state index contributed by atoms with van der Waals surface area (Å²) in [7, 11) is 1.31. The van der Waals surface area contributed by atoms with Gasteiger partial charge in [0, 0.05) is 18.7 Å². The number of carbonyl (C=O) groups is 1. The summed E-state index contributed by atoms with van der Waals surface area (Å²) in [6.45, 7) is 1.81. The van der Waals surface area contributed by atoms with Crippen LogP contribution in [-0.4, -0.2) is 36.1 Å². The molecule has 0 N–H and O–H groups in total. The maximum Gasteiger partial charge on any atom is 0.358 e. The van der Waals surface area contributed by atoms with Crippen LogP contribution >= 0.6 is 0 Å². The second-order valence-electron chi connectivity index (χ2n) is 5.47. The average molecular weight is 315 g/mol. The Kier molecular flexibility index (Phi) is 4.50. The Bertz CT molecular complexity index is 697. The second-order valence-corrected chi connectivity index (χ2v) is 5.47. The zero-order valence-electron chi connectivity index (χ0n) is 13.0. The summed E-state index contributed by atoms with van der Waals surface area (Å²) < 4.78 is 17.9. The number of piperidine rings is 1. The molecular weight excluding hydrogens is 297 g/mol. The maximum atomic E-state index is 13.2. The zero-order valence-corrected chi connectivity index (χ0v) is 13.0. The molecule has 1 aromatic carbocycles. The second kappa shape index (κ2) is 6.73. The van der Waals surface area contributed by atoms with Gasteiger partial charge in [-0.05, 0) is 43.5 Å². The number of esters is 1. The van der Waals surface area contributed by atoms with Gasteiger partial charge in [0.05, 0.1) is 13.3 Å². The number of nitrogens with zero attached hydrogens (tertiary/aromatic N) is 3. The van der Waals surface area contributed by atoms with Crippen LogP contribution in [0.4, 0.5) is 10.2 Å². The lowest BCUT2D eigenvalue weighted by molar-refractivity contribution is 0.0593. The Morgan fingerprint density at radius 3 is 2.52 bits per heavy atom. The standard InChI is InChI=1S/C17H18FN3O2/c1-23-17(22)14-11-19-16(21-9-3-2-4-10-21)15(20-14)12-5-7-13(18)8-6-12/h5-8,11H,2-4,9-10H2,1H3. The van der Waals surface area contributed by atoms with Gasteiger partial charge >= 0.3 is 5.97 Å². The fourth-order valence-corrected chi connectivity index (χ4v) is 2.72. The molecule has 1 fully saturated rings. The molecule has 1 aliphatic rings. The van der Waals surface area contributed by atoms with Crippen molar-refractivity contribution in [3.05, 3.63) is 42.0 Å². The predicted octanol–water partition coefficient (Wildman–Crippen LogP) is 3.06. The normalized spacial score (nSPS) is 14.6. The molecule has 23 heavy (non-hydrogen) atoms. The molecule has 0 unspecified atom stereocenters. The van der Waals surface area contributed by atoms with Gasteiger partial charge in [0.1, 0.15) is 11.5 Å². The first-order valence-electron chi connectivity index (χ1n) is 7.65. The highest BCUT2D eigenvalue weighted by atomic mass is 19.1. The Morgan fingerprint density at radius 1 is 1.17 bits per heavy atom.